The summed E-state index contributed by atoms with van der Waals surface area (Å²) >= 11 is 0. The highest BCUT2D eigenvalue weighted by atomic mass is 32.2. The molecule has 0 spiro atoms. The van der Waals surface area contributed by atoms with E-state index in [2.05, 4.69) is 37.5 Å². The Kier molecular flexibility index (Phi) is 23.6. The number of benzene rings is 1. The Morgan fingerprint density at radius 2 is 1.12 bits per heavy atom. The summed E-state index contributed by atoms with van der Waals surface area (Å²) in [7, 11) is 0.381. The highest BCUT2D eigenvalue weighted by Gasteiger charge is 2.26. The van der Waals surface area contributed by atoms with Crippen molar-refractivity contribution in [3.8, 4) is 5.75 Å². The molecule has 13 nitrogen and oxygen atoms in total. The van der Waals surface area contributed by atoms with Crippen LogP contribution in [0.3, 0.4) is 0 Å². The Labute approximate surface area is 289 Å². The standard InChI is InChI=1S/C32H61N5O4S.C2H2O4/c1-9-17-34(18-10-2)21-23-36(24-22-35(19-11-3)20-12-4)32(38)37(29(5)6)26-28-42(39,40)31-15-13-30(14-16-31)41-27-25-33(7)8;3-1(4)2(5)6/h13-16,29H,9-12,17-28H2,1-8H3;(H,3,4)(H,5,6). The number of carbonyl (C=O) groups is 3. The minimum Gasteiger partial charge on any atom is -0.492 e. The summed E-state index contributed by atoms with van der Waals surface area (Å²) in [6.07, 6.45) is 4.31. The molecule has 0 aliphatic carbocycles. The fourth-order valence-corrected chi connectivity index (χ4v) is 6.17. The van der Waals surface area contributed by atoms with Crippen molar-refractivity contribution in [1.82, 2.24) is 24.5 Å². The molecule has 14 heteroatoms. The molecule has 0 unspecified atom stereocenters. The van der Waals surface area contributed by atoms with Crippen LogP contribution in [0.2, 0.25) is 0 Å². The lowest BCUT2D eigenvalue weighted by molar-refractivity contribution is -0.159. The Balaban J connectivity index is 0.00000335. The molecule has 1 aromatic carbocycles. The summed E-state index contributed by atoms with van der Waals surface area (Å²) in [5.41, 5.74) is 0. The second-order valence-electron chi connectivity index (χ2n) is 12.3. The Morgan fingerprint density at radius 3 is 1.48 bits per heavy atom. The SMILES string of the molecule is CCCN(CCC)CCN(CCN(CCC)CCC)C(=O)N(CCS(=O)(=O)c1ccc(OCCN(C)C)cc1)C(C)C.O=C(O)C(=O)O. The van der Waals surface area contributed by atoms with Crippen LogP contribution in [0, 0.1) is 0 Å². The number of amides is 2. The van der Waals surface area contributed by atoms with Gasteiger partial charge in [-0.3, -0.25) is 0 Å². The Hall–Kier alpha value is -2.94. The minimum absolute atomic E-state index is 0.0780. The molecule has 2 amide bonds. The molecule has 1 rings (SSSR count). The van der Waals surface area contributed by atoms with Crippen molar-refractivity contribution in [2.24, 2.45) is 0 Å². The molecule has 0 saturated carbocycles. The van der Waals surface area contributed by atoms with Crippen molar-refractivity contribution < 1.29 is 37.8 Å². The summed E-state index contributed by atoms with van der Waals surface area (Å²) in [5.74, 6) is -3.13. The highest BCUT2D eigenvalue weighted by molar-refractivity contribution is 7.91. The number of nitrogens with zero attached hydrogens (tertiary/aromatic N) is 5. The molecule has 0 bridgehead atoms. The number of hydrogen-bond donors (Lipinski definition) is 2. The van der Waals surface area contributed by atoms with E-state index < -0.39 is 21.8 Å². The number of likely N-dealkylation sites (N-methyl/N-ethyl adjacent to an activating group) is 1. The zero-order valence-corrected chi connectivity index (χ0v) is 31.5. The molecule has 2 N–H and O–H groups in total. The number of hydrogen-bond acceptors (Lipinski definition) is 9. The van der Waals surface area contributed by atoms with E-state index in [0.29, 0.717) is 25.4 Å². The number of rotatable bonds is 23. The van der Waals surface area contributed by atoms with Gasteiger partial charge in [-0.05, 0) is 104 Å². The molecule has 0 aromatic heterocycles. The topological polar surface area (TPSA) is 151 Å². The van der Waals surface area contributed by atoms with Gasteiger partial charge in [0.15, 0.2) is 9.84 Å². The summed E-state index contributed by atoms with van der Waals surface area (Å²) in [6.45, 7) is 21.1. The maximum atomic E-state index is 14.0. The van der Waals surface area contributed by atoms with Crippen LogP contribution in [0.5, 0.6) is 5.75 Å². The van der Waals surface area contributed by atoms with E-state index in [0.717, 1.165) is 71.5 Å². The lowest BCUT2D eigenvalue weighted by Gasteiger charge is -2.35. The van der Waals surface area contributed by atoms with Crippen molar-refractivity contribution in [1.29, 1.82) is 0 Å². The Morgan fingerprint density at radius 1 is 0.688 bits per heavy atom. The van der Waals surface area contributed by atoms with Crippen LogP contribution in [0.15, 0.2) is 29.2 Å². The minimum atomic E-state index is -3.57. The third-order valence-corrected chi connectivity index (χ3v) is 9.16. The van der Waals surface area contributed by atoms with Crippen molar-refractivity contribution >= 4 is 27.8 Å². The third-order valence-electron chi connectivity index (χ3n) is 7.45. The van der Waals surface area contributed by atoms with Crippen molar-refractivity contribution in [2.75, 3.05) is 91.9 Å². The lowest BCUT2D eigenvalue weighted by atomic mass is 10.3. The number of ether oxygens (including phenoxy) is 1. The van der Waals surface area contributed by atoms with Gasteiger partial charge in [-0.15, -0.1) is 0 Å². The predicted octanol–water partition coefficient (Wildman–Crippen LogP) is 3.93. The summed E-state index contributed by atoms with van der Waals surface area (Å²) in [5, 5.41) is 14.8. The molecular weight excluding hydrogens is 638 g/mol. The average molecular weight is 702 g/mol. The van der Waals surface area contributed by atoms with Crippen LogP contribution in [0.4, 0.5) is 4.79 Å². The number of urea groups is 1. The maximum absolute atomic E-state index is 14.0. The molecule has 0 fully saturated rings. The maximum Gasteiger partial charge on any atom is 0.414 e. The molecule has 0 saturated heterocycles. The first-order valence-corrected chi connectivity index (χ1v) is 18.8. The fraction of sp³-hybridized carbons (Fsp3) is 0.735. The number of sulfone groups is 1. The van der Waals surface area contributed by atoms with Crippen molar-refractivity contribution in [2.45, 2.75) is 78.2 Å². The van der Waals surface area contributed by atoms with Gasteiger partial charge in [-0.2, -0.15) is 0 Å². The van der Waals surface area contributed by atoms with Gasteiger partial charge >= 0.3 is 18.0 Å². The molecule has 0 heterocycles. The van der Waals surface area contributed by atoms with E-state index in [4.69, 9.17) is 24.5 Å². The average Bonchev–Trinajstić information content (AvgIpc) is 3.01. The number of carboxylic acid groups (broad SMARTS) is 2. The molecule has 1 aromatic rings. The van der Waals surface area contributed by atoms with Gasteiger partial charge in [0.25, 0.3) is 0 Å². The first kappa shape index (κ1) is 45.1. The molecule has 0 aliphatic rings. The number of aliphatic carboxylic acids is 2. The zero-order chi connectivity index (χ0) is 36.7. The quantitative estimate of drug-likeness (QED) is 0.160. The second kappa shape index (κ2) is 25.1. The lowest BCUT2D eigenvalue weighted by Crippen LogP contribution is -2.51. The van der Waals surface area contributed by atoms with Gasteiger partial charge < -0.3 is 39.4 Å². The van der Waals surface area contributed by atoms with Crippen LogP contribution in [-0.4, -0.2) is 159 Å². The molecule has 278 valence electrons. The third kappa shape index (κ3) is 19.2. The first-order chi connectivity index (χ1) is 22.6. The molecule has 0 aliphatic heterocycles. The van der Waals surface area contributed by atoms with Gasteiger partial charge in [0.2, 0.25) is 0 Å². The van der Waals surface area contributed by atoms with E-state index in [9.17, 15) is 13.2 Å². The number of carbonyl (C=O) groups excluding carboxylic acids is 1. The molecule has 0 radical (unpaired) electrons. The van der Waals surface area contributed by atoms with Crippen molar-refractivity contribution in [3.63, 3.8) is 0 Å². The van der Waals surface area contributed by atoms with Gasteiger partial charge in [-0.1, -0.05) is 27.7 Å². The van der Waals surface area contributed by atoms with E-state index in [1.165, 1.54) is 0 Å². The van der Waals surface area contributed by atoms with Gasteiger partial charge in [0.05, 0.1) is 10.6 Å². The molecule has 0 atom stereocenters. The summed E-state index contributed by atoms with van der Waals surface area (Å²) < 4.78 is 32.3. The smallest absolute Gasteiger partial charge is 0.414 e. The van der Waals surface area contributed by atoms with E-state index in [1.807, 2.05) is 37.7 Å². The van der Waals surface area contributed by atoms with Crippen LogP contribution in [-0.2, 0) is 19.4 Å². The monoisotopic (exact) mass is 701 g/mol. The number of carboxylic acids is 2. The van der Waals surface area contributed by atoms with Crippen molar-refractivity contribution in [3.05, 3.63) is 24.3 Å². The van der Waals surface area contributed by atoms with Gasteiger partial charge in [0, 0.05) is 45.3 Å². The van der Waals surface area contributed by atoms with E-state index >= 15 is 0 Å². The largest absolute Gasteiger partial charge is 0.492 e. The second-order valence-corrected chi connectivity index (χ2v) is 14.4. The van der Waals surface area contributed by atoms with Crippen LogP contribution in [0.25, 0.3) is 0 Å². The van der Waals surface area contributed by atoms with Crippen LogP contribution >= 0.6 is 0 Å². The van der Waals surface area contributed by atoms with Gasteiger partial charge in [0.1, 0.15) is 12.4 Å². The van der Waals surface area contributed by atoms with E-state index in [-0.39, 0.29) is 29.3 Å². The fourth-order valence-electron chi connectivity index (χ4n) is 4.95. The first-order valence-electron chi connectivity index (χ1n) is 17.2. The summed E-state index contributed by atoms with van der Waals surface area (Å²) in [6, 6.07) is 6.40. The van der Waals surface area contributed by atoms with E-state index in [1.54, 1.807) is 29.2 Å². The van der Waals surface area contributed by atoms with Gasteiger partial charge in [-0.25, -0.2) is 22.8 Å². The predicted molar refractivity (Wildman–Crippen MR) is 191 cm³/mol. The molecular formula is C34H63N5O8S. The zero-order valence-electron chi connectivity index (χ0n) is 30.7. The Bertz CT molecular complexity index is 1100. The van der Waals surface area contributed by atoms with Crippen LogP contribution in [0.1, 0.15) is 67.2 Å². The van der Waals surface area contributed by atoms with Crippen LogP contribution < -0.4 is 4.74 Å². The summed E-state index contributed by atoms with van der Waals surface area (Å²) in [4.78, 5) is 43.0. The molecule has 48 heavy (non-hydrogen) atoms. The normalized spacial score (nSPS) is 11.5. The highest BCUT2D eigenvalue weighted by Crippen LogP contribution is 2.18.